The number of fused-ring (bicyclic) bond motifs is 3. The molecule has 220 valence electrons. The van der Waals surface area contributed by atoms with E-state index < -0.39 is 23.3 Å². The van der Waals surface area contributed by atoms with Crippen molar-refractivity contribution in [1.82, 2.24) is 14.8 Å². The molecule has 1 aromatic heterocycles. The number of hydrogen-bond acceptors (Lipinski definition) is 4. The van der Waals surface area contributed by atoms with Gasteiger partial charge >= 0.3 is 6.09 Å². The Balaban J connectivity index is 1.38. The maximum absolute atomic E-state index is 15.6. The summed E-state index contributed by atoms with van der Waals surface area (Å²) in [5.74, 6) is -1.35. The van der Waals surface area contributed by atoms with E-state index in [0.29, 0.717) is 34.2 Å². The zero-order valence-corrected chi connectivity index (χ0v) is 24.4. The summed E-state index contributed by atoms with van der Waals surface area (Å²) in [5.41, 5.74) is 2.08. The molecule has 0 unspecified atom stereocenters. The van der Waals surface area contributed by atoms with Gasteiger partial charge in [0.15, 0.2) is 0 Å². The molecule has 7 nitrogen and oxygen atoms in total. The van der Waals surface area contributed by atoms with E-state index in [4.69, 9.17) is 4.74 Å². The number of nitriles is 1. The van der Waals surface area contributed by atoms with Crippen molar-refractivity contribution in [2.45, 2.75) is 63.8 Å². The predicted octanol–water partition coefficient (Wildman–Crippen LogP) is 6.93. The molecule has 3 atom stereocenters. The van der Waals surface area contributed by atoms with E-state index in [1.54, 1.807) is 51.1 Å². The molecule has 0 saturated carbocycles. The SMILES string of the molecule is Cn1ccc2cc(-c3ccc(C(=O)N4[C@@H]5CC[C@H]4[C@@H](NC(=O)OC(C)(C)C)C5)cc3-c3ccc(C#N)c(F)c3)c(F)cc21. The molecule has 2 fully saturated rings. The summed E-state index contributed by atoms with van der Waals surface area (Å²) in [6.45, 7) is 5.40. The van der Waals surface area contributed by atoms with Crippen molar-refractivity contribution in [2.24, 2.45) is 7.05 Å². The first kappa shape index (κ1) is 28.4. The number of amides is 2. The highest BCUT2D eigenvalue weighted by Gasteiger charge is 2.49. The molecule has 9 heteroatoms. The Kier molecular flexibility index (Phi) is 6.96. The molecule has 3 aromatic carbocycles. The maximum atomic E-state index is 15.6. The molecule has 2 bridgehead atoms. The number of rotatable bonds is 4. The van der Waals surface area contributed by atoms with Crippen LogP contribution in [0.4, 0.5) is 13.6 Å². The number of carbonyl (C=O) groups excluding carboxylic acids is 2. The number of ether oxygens (including phenoxy) is 1. The molecule has 6 rings (SSSR count). The van der Waals surface area contributed by atoms with E-state index in [2.05, 4.69) is 5.32 Å². The highest BCUT2D eigenvalue weighted by molar-refractivity contribution is 5.99. The van der Waals surface area contributed by atoms with Crippen LogP contribution in [0.1, 0.15) is 56.0 Å². The number of carbonyl (C=O) groups is 2. The third kappa shape index (κ3) is 5.22. The smallest absolute Gasteiger partial charge is 0.407 e. The summed E-state index contributed by atoms with van der Waals surface area (Å²) >= 11 is 0. The zero-order valence-electron chi connectivity index (χ0n) is 24.4. The Morgan fingerprint density at radius 1 is 0.977 bits per heavy atom. The molecule has 3 heterocycles. The van der Waals surface area contributed by atoms with Crippen LogP contribution in [0.25, 0.3) is 33.2 Å². The van der Waals surface area contributed by atoms with Crippen LogP contribution in [-0.2, 0) is 11.8 Å². The van der Waals surface area contributed by atoms with Crippen LogP contribution < -0.4 is 5.32 Å². The highest BCUT2D eigenvalue weighted by atomic mass is 19.1. The van der Waals surface area contributed by atoms with Gasteiger partial charge in [-0.3, -0.25) is 4.79 Å². The summed E-state index contributed by atoms with van der Waals surface area (Å²) in [5, 5.41) is 13.0. The summed E-state index contributed by atoms with van der Waals surface area (Å²) in [6, 6.07) is 15.7. The first-order valence-electron chi connectivity index (χ1n) is 14.3. The first-order valence-corrected chi connectivity index (χ1v) is 14.3. The van der Waals surface area contributed by atoms with E-state index in [0.717, 1.165) is 23.7 Å². The quantitative estimate of drug-likeness (QED) is 0.283. The van der Waals surface area contributed by atoms with Crippen LogP contribution in [0.15, 0.2) is 60.8 Å². The number of aryl methyl sites for hydroxylation is 1. The second-order valence-electron chi connectivity index (χ2n) is 12.4. The van der Waals surface area contributed by atoms with Crippen molar-refractivity contribution in [3.63, 3.8) is 0 Å². The Morgan fingerprint density at radius 3 is 2.49 bits per heavy atom. The third-order valence-electron chi connectivity index (χ3n) is 8.40. The van der Waals surface area contributed by atoms with Crippen molar-refractivity contribution in [2.75, 3.05) is 0 Å². The molecule has 0 aliphatic carbocycles. The van der Waals surface area contributed by atoms with E-state index in [1.165, 1.54) is 18.2 Å². The minimum Gasteiger partial charge on any atom is -0.444 e. The Bertz CT molecular complexity index is 1820. The van der Waals surface area contributed by atoms with Gasteiger partial charge < -0.3 is 19.5 Å². The van der Waals surface area contributed by atoms with Crippen LogP contribution in [0.3, 0.4) is 0 Å². The number of aromatic nitrogens is 1. The Labute approximate surface area is 248 Å². The molecule has 2 aliphatic rings. The molecule has 2 amide bonds. The van der Waals surface area contributed by atoms with Crippen molar-refractivity contribution < 1.29 is 23.1 Å². The fourth-order valence-electron chi connectivity index (χ4n) is 6.49. The van der Waals surface area contributed by atoms with E-state index in [9.17, 15) is 19.2 Å². The molecule has 1 N–H and O–H groups in total. The fourth-order valence-corrected chi connectivity index (χ4v) is 6.49. The van der Waals surface area contributed by atoms with Crippen LogP contribution >= 0.6 is 0 Å². The highest BCUT2D eigenvalue weighted by Crippen LogP contribution is 2.41. The molecule has 2 aliphatic heterocycles. The number of nitrogens with one attached hydrogen (secondary N) is 1. The van der Waals surface area contributed by atoms with E-state index >= 15 is 4.39 Å². The van der Waals surface area contributed by atoms with Gasteiger partial charge in [-0.25, -0.2) is 13.6 Å². The lowest BCUT2D eigenvalue weighted by Gasteiger charge is -2.27. The Morgan fingerprint density at radius 2 is 1.77 bits per heavy atom. The average molecular weight is 583 g/mol. The summed E-state index contributed by atoms with van der Waals surface area (Å²) < 4.78 is 37.6. The van der Waals surface area contributed by atoms with Crippen LogP contribution in [0.5, 0.6) is 0 Å². The zero-order chi connectivity index (χ0) is 30.6. The van der Waals surface area contributed by atoms with Crippen molar-refractivity contribution in [3.05, 3.63) is 83.6 Å². The molecular weight excluding hydrogens is 550 g/mol. The summed E-state index contributed by atoms with van der Waals surface area (Å²) in [4.78, 5) is 28.3. The van der Waals surface area contributed by atoms with Gasteiger partial charge in [0.2, 0.25) is 0 Å². The molecule has 4 aromatic rings. The van der Waals surface area contributed by atoms with Gasteiger partial charge in [0.25, 0.3) is 5.91 Å². The van der Waals surface area contributed by atoms with Gasteiger partial charge in [-0.1, -0.05) is 12.1 Å². The lowest BCUT2D eigenvalue weighted by atomic mass is 9.91. The van der Waals surface area contributed by atoms with Gasteiger partial charge in [-0.2, -0.15) is 5.26 Å². The van der Waals surface area contributed by atoms with Crippen LogP contribution in [0.2, 0.25) is 0 Å². The summed E-state index contributed by atoms with van der Waals surface area (Å²) in [6.07, 6.45) is 3.55. The van der Waals surface area contributed by atoms with Crippen molar-refractivity contribution in [3.8, 4) is 28.3 Å². The normalized spacial score (nSPS) is 19.5. The van der Waals surface area contributed by atoms with Gasteiger partial charge in [0.1, 0.15) is 23.3 Å². The summed E-state index contributed by atoms with van der Waals surface area (Å²) in [7, 11) is 1.84. The van der Waals surface area contributed by atoms with Crippen molar-refractivity contribution >= 4 is 22.9 Å². The third-order valence-corrected chi connectivity index (χ3v) is 8.40. The molecule has 0 spiro atoms. The molecule has 2 saturated heterocycles. The monoisotopic (exact) mass is 582 g/mol. The van der Waals surface area contributed by atoms with Crippen molar-refractivity contribution in [1.29, 1.82) is 5.26 Å². The van der Waals surface area contributed by atoms with E-state index in [1.807, 2.05) is 34.8 Å². The van der Waals surface area contributed by atoms with E-state index in [-0.39, 0.29) is 29.6 Å². The average Bonchev–Trinajstić information content (AvgIpc) is 3.63. The number of alkyl carbamates (subject to hydrolysis) is 1. The molecular formula is C34H32F2N4O3. The van der Waals surface area contributed by atoms with Crippen LogP contribution in [0, 0.1) is 23.0 Å². The molecule has 0 radical (unpaired) electrons. The van der Waals surface area contributed by atoms with Crippen LogP contribution in [-0.4, -0.2) is 45.2 Å². The van der Waals surface area contributed by atoms with Gasteiger partial charge in [0.05, 0.1) is 23.2 Å². The van der Waals surface area contributed by atoms with Gasteiger partial charge in [-0.15, -0.1) is 0 Å². The topological polar surface area (TPSA) is 87.4 Å². The fraction of sp³-hybridized carbons (Fsp3) is 0.324. The lowest BCUT2D eigenvalue weighted by Crippen LogP contribution is -2.46. The van der Waals surface area contributed by atoms with Gasteiger partial charge in [-0.05, 0) is 99.2 Å². The largest absolute Gasteiger partial charge is 0.444 e. The lowest BCUT2D eigenvalue weighted by molar-refractivity contribution is 0.0484. The second-order valence-corrected chi connectivity index (χ2v) is 12.4. The first-order chi connectivity index (χ1) is 20.4. The minimum absolute atomic E-state index is 0.0362. The number of halogens is 2. The number of benzene rings is 3. The Hall–Kier alpha value is -4.71. The predicted molar refractivity (Wildman–Crippen MR) is 159 cm³/mol. The van der Waals surface area contributed by atoms with Gasteiger partial charge in [0, 0.05) is 35.8 Å². The number of hydrogen-bond donors (Lipinski definition) is 1. The second kappa shape index (κ2) is 10.5. The standard InChI is InChI=1S/C34H32F2N4O3/c1-34(2,3)43-33(42)38-29-16-23-8-10-30(29)40(23)32(41)21-7-9-24(25(14-21)19-5-6-22(18-37)27(35)15-19)26-13-20-11-12-39(4)31(20)17-28(26)36/h5-7,9,11-15,17,23,29-30H,8,10,16H2,1-4H3,(H,38,42)/t23-,29+,30+/m1/s1. The molecule has 43 heavy (non-hydrogen) atoms. The maximum Gasteiger partial charge on any atom is 0.407 e. The minimum atomic E-state index is -0.699. The number of nitrogens with zero attached hydrogens (tertiary/aromatic N) is 3.